The number of aryl methyl sites for hydroxylation is 1. The maximum absolute atomic E-state index is 12.5. The molecule has 0 radical (unpaired) electrons. The Morgan fingerprint density at radius 2 is 2.28 bits per heavy atom. The number of nitrogens with zero attached hydrogens (tertiary/aromatic N) is 4. The summed E-state index contributed by atoms with van der Waals surface area (Å²) >= 11 is 1.39. The molecule has 1 saturated heterocycles. The molecule has 7 nitrogen and oxygen atoms in total. The maximum Gasteiger partial charge on any atom is 0.233 e. The summed E-state index contributed by atoms with van der Waals surface area (Å²) in [6.07, 6.45) is 6.14. The van der Waals surface area contributed by atoms with Gasteiger partial charge in [-0.05, 0) is 37.8 Å². The van der Waals surface area contributed by atoms with Crippen molar-refractivity contribution in [3.8, 4) is 0 Å². The number of ether oxygens (including phenoxy) is 1. The van der Waals surface area contributed by atoms with Crippen molar-refractivity contribution in [3.05, 3.63) is 35.4 Å². The van der Waals surface area contributed by atoms with E-state index in [9.17, 15) is 4.79 Å². The third-order valence-corrected chi connectivity index (χ3v) is 5.79. The molecule has 2 aromatic heterocycles. The topological polar surface area (TPSA) is 84.0 Å². The minimum absolute atomic E-state index is 0.130. The number of piperidine rings is 1. The number of H-pyrrole nitrogens is 1. The number of fused-ring (bicyclic) bond motifs is 2. The molecule has 132 valence electrons. The first-order valence-electron chi connectivity index (χ1n) is 8.53. The van der Waals surface area contributed by atoms with E-state index in [1.54, 1.807) is 6.20 Å². The number of amides is 1. The Balaban J connectivity index is 1.35. The van der Waals surface area contributed by atoms with Gasteiger partial charge >= 0.3 is 0 Å². The van der Waals surface area contributed by atoms with Crippen LogP contribution in [0.5, 0.6) is 0 Å². The van der Waals surface area contributed by atoms with E-state index < -0.39 is 0 Å². The second-order valence-corrected chi connectivity index (χ2v) is 7.46. The molecule has 25 heavy (non-hydrogen) atoms. The molecule has 0 atom stereocenters. The summed E-state index contributed by atoms with van der Waals surface area (Å²) < 4.78 is 6.13. The average molecular weight is 359 g/mol. The fraction of sp³-hybridized carbons (Fsp3) is 0.529. The number of rotatable bonds is 3. The first-order valence-corrected chi connectivity index (χ1v) is 9.52. The molecule has 1 N–H and O–H groups in total. The maximum atomic E-state index is 12.5. The van der Waals surface area contributed by atoms with Crippen molar-refractivity contribution >= 4 is 17.7 Å². The Morgan fingerprint density at radius 1 is 1.44 bits per heavy atom. The molecule has 2 aliphatic rings. The molecule has 0 saturated carbocycles. The molecule has 1 spiro atoms. The van der Waals surface area contributed by atoms with E-state index in [2.05, 4.69) is 20.2 Å². The van der Waals surface area contributed by atoms with E-state index in [0.29, 0.717) is 24.0 Å². The second kappa shape index (κ2) is 6.76. The molecule has 1 fully saturated rings. The number of thioether (sulfide) groups is 1. The van der Waals surface area contributed by atoms with Crippen LogP contribution in [0.2, 0.25) is 0 Å². The van der Waals surface area contributed by atoms with Crippen molar-refractivity contribution in [3.63, 3.8) is 0 Å². The van der Waals surface area contributed by atoms with Gasteiger partial charge in [0, 0.05) is 25.0 Å². The molecule has 1 amide bonds. The number of hydrogen-bond acceptors (Lipinski definition) is 6. The van der Waals surface area contributed by atoms with Crippen LogP contribution in [0, 0.1) is 6.92 Å². The van der Waals surface area contributed by atoms with E-state index in [1.165, 1.54) is 17.3 Å². The van der Waals surface area contributed by atoms with E-state index in [1.807, 2.05) is 24.1 Å². The van der Waals surface area contributed by atoms with E-state index in [4.69, 9.17) is 4.74 Å². The number of carbonyl (C=O) groups is 1. The van der Waals surface area contributed by atoms with Crippen molar-refractivity contribution in [2.75, 3.05) is 25.4 Å². The van der Waals surface area contributed by atoms with E-state index in [0.717, 1.165) is 37.3 Å². The van der Waals surface area contributed by atoms with Crippen molar-refractivity contribution in [1.29, 1.82) is 0 Å². The van der Waals surface area contributed by atoms with E-state index in [-0.39, 0.29) is 11.5 Å². The summed E-state index contributed by atoms with van der Waals surface area (Å²) in [6, 6.07) is 1.85. The predicted octanol–water partition coefficient (Wildman–Crippen LogP) is 1.69. The first kappa shape index (κ1) is 16.5. The van der Waals surface area contributed by atoms with Gasteiger partial charge in [-0.1, -0.05) is 11.8 Å². The molecule has 2 aromatic rings. The van der Waals surface area contributed by atoms with Gasteiger partial charge in [-0.3, -0.25) is 9.89 Å². The smallest absolute Gasteiger partial charge is 0.233 e. The zero-order valence-electron chi connectivity index (χ0n) is 14.2. The number of aromatic nitrogens is 4. The van der Waals surface area contributed by atoms with E-state index >= 15 is 0 Å². The highest BCUT2D eigenvalue weighted by molar-refractivity contribution is 7.99. The number of aromatic amines is 1. The lowest BCUT2D eigenvalue weighted by Gasteiger charge is -2.43. The standard InChI is InChI=1S/C17H21N5O2S/c1-12-2-6-18-16(20-12)25-11-14(23)22-7-4-17(5-8-22)15-13(3-9-24-17)10-19-21-15/h2,6,10H,3-5,7-9,11H2,1H3,(H,19,21). The summed E-state index contributed by atoms with van der Waals surface area (Å²) in [5.41, 5.74) is 2.97. The summed E-state index contributed by atoms with van der Waals surface area (Å²) in [5.74, 6) is 0.498. The summed E-state index contributed by atoms with van der Waals surface area (Å²) in [4.78, 5) is 23.0. The summed E-state index contributed by atoms with van der Waals surface area (Å²) in [7, 11) is 0. The minimum atomic E-state index is -0.298. The van der Waals surface area contributed by atoms with Crippen molar-refractivity contribution in [1.82, 2.24) is 25.1 Å². The Morgan fingerprint density at radius 3 is 3.08 bits per heavy atom. The molecule has 0 bridgehead atoms. The van der Waals surface area contributed by atoms with Crippen molar-refractivity contribution < 1.29 is 9.53 Å². The molecule has 0 unspecified atom stereocenters. The zero-order chi connectivity index (χ0) is 17.3. The van der Waals surface area contributed by atoms with Gasteiger partial charge in [0.2, 0.25) is 5.91 Å². The molecule has 2 aliphatic heterocycles. The zero-order valence-corrected chi connectivity index (χ0v) is 15.0. The third kappa shape index (κ3) is 3.28. The molecule has 8 heteroatoms. The lowest BCUT2D eigenvalue weighted by molar-refractivity contribution is -0.138. The van der Waals surface area contributed by atoms with Gasteiger partial charge in [0.15, 0.2) is 5.16 Å². The SMILES string of the molecule is Cc1ccnc(SCC(=O)N2CCC3(CC2)OCCc2cn[nH]c23)n1. The highest BCUT2D eigenvalue weighted by Gasteiger charge is 2.42. The highest BCUT2D eigenvalue weighted by atomic mass is 32.2. The van der Waals surface area contributed by atoms with Crippen LogP contribution in [0.3, 0.4) is 0 Å². The quantitative estimate of drug-likeness (QED) is 0.663. The Bertz CT molecular complexity index is 770. The van der Waals surface area contributed by atoms with Gasteiger partial charge in [-0.2, -0.15) is 5.10 Å². The lowest BCUT2D eigenvalue weighted by atomic mass is 9.84. The Hall–Kier alpha value is -1.93. The summed E-state index contributed by atoms with van der Waals surface area (Å²) in [5, 5.41) is 7.94. The Kier molecular flexibility index (Phi) is 4.47. The van der Waals surface area contributed by atoms with Gasteiger partial charge in [0.25, 0.3) is 0 Å². The van der Waals surface area contributed by atoms with Crippen molar-refractivity contribution in [2.45, 2.75) is 36.9 Å². The predicted molar refractivity (Wildman–Crippen MR) is 93.2 cm³/mol. The molecular weight excluding hydrogens is 338 g/mol. The Labute approximate surface area is 150 Å². The number of hydrogen-bond donors (Lipinski definition) is 1. The van der Waals surface area contributed by atoms with Gasteiger partial charge < -0.3 is 9.64 Å². The summed E-state index contributed by atoms with van der Waals surface area (Å²) in [6.45, 7) is 4.05. The van der Waals surface area contributed by atoms with Crippen LogP contribution in [0.4, 0.5) is 0 Å². The first-order chi connectivity index (χ1) is 12.2. The fourth-order valence-electron chi connectivity index (χ4n) is 3.55. The van der Waals surface area contributed by atoms with Gasteiger partial charge in [-0.25, -0.2) is 9.97 Å². The normalized spacial score (nSPS) is 19.0. The van der Waals surface area contributed by atoms with Crippen molar-refractivity contribution in [2.24, 2.45) is 0 Å². The molecular formula is C17H21N5O2S. The highest BCUT2D eigenvalue weighted by Crippen LogP contribution is 2.40. The molecule has 4 heterocycles. The third-order valence-electron chi connectivity index (χ3n) is 4.94. The fourth-order valence-corrected chi connectivity index (χ4v) is 4.33. The molecule has 4 rings (SSSR count). The van der Waals surface area contributed by atoms with Crippen LogP contribution in [0.15, 0.2) is 23.6 Å². The van der Waals surface area contributed by atoms with Gasteiger partial charge in [-0.15, -0.1) is 0 Å². The number of carbonyl (C=O) groups excluding carboxylic acids is 1. The molecule has 0 aliphatic carbocycles. The lowest BCUT2D eigenvalue weighted by Crippen LogP contribution is -2.48. The van der Waals surface area contributed by atoms with Gasteiger partial charge in [0.1, 0.15) is 5.60 Å². The van der Waals surface area contributed by atoms with Crippen LogP contribution in [0.1, 0.15) is 29.8 Å². The van der Waals surface area contributed by atoms with Gasteiger partial charge in [0.05, 0.1) is 24.3 Å². The van der Waals surface area contributed by atoms with Crippen LogP contribution in [0.25, 0.3) is 0 Å². The minimum Gasteiger partial charge on any atom is -0.368 e. The molecule has 0 aromatic carbocycles. The number of nitrogens with one attached hydrogen (secondary N) is 1. The van der Waals surface area contributed by atoms with Crippen LogP contribution < -0.4 is 0 Å². The average Bonchev–Trinajstić information content (AvgIpc) is 3.11. The second-order valence-electron chi connectivity index (χ2n) is 6.51. The number of likely N-dealkylation sites (tertiary alicyclic amines) is 1. The largest absolute Gasteiger partial charge is 0.368 e. The monoisotopic (exact) mass is 359 g/mol. The van der Waals surface area contributed by atoms with Crippen LogP contribution >= 0.6 is 11.8 Å². The van der Waals surface area contributed by atoms with Crippen LogP contribution in [-0.2, 0) is 21.6 Å². The van der Waals surface area contributed by atoms with Crippen LogP contribution in [-0.4, -0.2) is 56.4 Å².